The van der Waals surface area contributed by atoms with E-state index in [2.05, 4.69) is 13.1 Å². The zero-order valence-electron chi connectivity index (χ0n) is 9.06. The molecule has 1 atom stereocenters. The quantitative estimate of drug-likeness (QED) is 0.787. The molecule has 0 fully saturated rings. The summed E-state index contributed by atoms with van der Waals surface area (Å²) in [6.07, 6.45) is 1.35. The molecule has 2 N–H and O–H groups in total. The molecule has 0 heterocycles. The first-order valence-electron chi connectivity index (χ1n) is 5.00. The summed E-state index contributed by atoms with van der Waals surface area (Å²) < 4.78 is 25.8. The molecule has 0 aliphatic carbocycles. The van der Waals surface area contributed by atoms with Crippen molar-refractivity contribution in [3.05, 3.63) is 35.4 Å². The Balaban J connectivity index is 2.58. The number of halogens is 2. The van der Waals surface area contributed by atoms with Crippen molar-refractivity contribution in [3.63, 3.8) is 0 Å². The molecule has 1 nitrogen and oxygen atoms in total. The standard InChI is InChI=1S/C11H16F2NSi/c1-15(2)11(14)6-4-8-3-5-9(12)7-10(8)13/h3,5,7,11H,4,6,14H2,1-2H3. The molecule has 0 aliphatic rings. The fourth-order valence-corrected chi connectivity index (χ4v) is 2.05. The van der Waals surface area contributed by atoms with Gasteiger partial charge in [0.05, 0.1) is 8.80 Å². The second-order valence-corrected chi connectivity index (χ2v) is 6.85. The summed E-state index contributed by atoms with van der Waals surface area (Å²) in [7, 11) is -0.521. The molecule has 0 saturated heterocycles. The van der Waals surface area contributed by atoms with Gasteiger partial charge >= 0.3 is 0 Å². The second kappa shape index (κ2) is 5.37. The summed E-state index contributed by atoms with van der Waals surface area (Å²) >= 11 is 0. The summed E-state index contributed by atoms with van der Waals surface area (Å²) in [5.74, 6) is -1.00. The molecule has 4 heteroatoms. The van der Waals surface area contributed by atoms with Crippen molar-refractivity contribution in [1.82, 2.24) is 0 Å². The number of nitrogens with two attached hydrogens (primary N) is 1. The minimum Gasteiger partial charge on any atom is -0.330 e. The summed E-state index contributed by atoms with van der Waals surface area (Å²) in [6.45, 7) is 4.27. The van der Waals surface area contributed by atoms with Crippen LogP contribution in [-0.4, -0.2) is 14.5 Å². The Bertz CT molecular complexity index is 328. The normalized spacial score (nSPS) is 13.2. The summed E-state index contributed by atoms with van der Waals surface area (Å²) in [5, 5.41) is 0. The highest BCUT2D eigenvalue weighted by Crippen LogP contribution is 2.12. The van der Waals surface area contributed by atoms with E-state index in [0.717, 1.165) is 12.5 Å². The molecule has 1 unspecified atom stereocenters. The molecule has 1 rings (SSSR count). The molecular formula is C11H16F2NSi. The molecule has 0 saturated carbocycles. The third kappa shape index (κ3) is 3.72. The molecule has 83 valence electrons. The highest BCUT2D eigenvalue weighted by molar-refractivity contribution is 6.57. The lowest BCUT2D eigenvalue weighted by atomic mass is 10.1. The maximum Gasteiger partial charge on any atom is 0.129 e. The van der Waals surface area contributed by atoms with E-state index in [4.69, 9.17) is 5.73 Å². The van der Waals surface area contributed by atoms with Crippen LogP contribution in [0.1, 0.15) is 12.0 Å². The van der Waals surface area contributed by atoms with E-state index in [1.54, 1.807) is 0 Å². The molecule has 0 amide bonds. The Morgan fingerprint density at radius 2 is 2.00 bits per heavy atom. The maximum absolute atomic E-state index is 13.2. The van der Waals surface area contributed by atoms with Crippen LogP contribution in [0, 0.1) is 11.6 Å². The van der Waals surface area contributed by atoms with Gasteiger partial charge in [0, 0.05) is 6.07 Å². The van der Waals surface area contributed by atoms with Crippen LogP contribution in [0.25, 0.3) is 0 Å². The number of hydrogen-bond acceptors (Lipinski definition) is 1. The fraction of sp³-hybridized carbons (Fsp3) is 0.455. The molecule has 1 aromatic rings. The first-order chi connectivity index (χ1) is 7.00. The van der Waals surface area contributed by atoms with Crippen molar-refractivity contribution >= 4 is 8.80 Å². The van der Waals surface area contributed by atoms with Gasteiger partial charge in [0.15, 0.2) is 0 Å². The molecule has 1 aromatic carbocycles. The van der Waals surface area contributed by atoms with Gasteiger partial charge in [-0.15, -0.1) is 0 Å². The van der Waals surface area contributed by atoms with Crippen molar-refractivity contribution in [2.75, 3.05) is 0 Å². The molecule has 0 spiro atoms. The predicted octanol–water partition coefficient (Wildman–Crippen LogP) is 2.52. The van der Waals surface area contributed by atoms with Crippen molar-refractivity contribution < 1.29 is 8.78 Å². The highest BCUT2D eigenvalue weighted by atomic mass is 28.3. The van der Waals surface area contributed by atoms with Crippen LogP contribution in [0.15, 0.2) is 18.2 Å². The summed E-state index contributed by atoms with van der Waals surface area (Å²) in [6, 6.07) is 3.70. The van der Waals surface area contributed by atoms with Crippen LogP contribution in [0.4, 0.5) is 8.78 Å². The van der Waals surface area contributed by atoms with Gasteiger partial charge in [-0.05, 0) is 30.1 Å². The lowest BCUT2D eigenvalue weighted by molar-refractivity contribution is 0.568. The van der Waals surface area contributed by atoms with E-state index in [1.807, 2.05) is 0 Å². The Hall–Kier alpha value is -0.743. The van der Waals surface area contributed by atoms with E-state index in [-0.39, 0.29) is 5.67 Å². The highest BCUT2D eigenvalue weighted by Gasteiger charge is 2.11. The second-order valence-electron chi connectivity index (χ2n) is 3.96. The van der Waals surface area contributed by atoms with Crippen molar-refractivity contribution in [2.45, 2.75) is 31.6 Å². The Labute approximate surface area is 90.9 Å². The lowest BCUT2D eigenvalue weighted by Gasteiger charge is -2.13. The van der Waals surface area contributed by atoms with Gasteiger partial charge in [-0.1, -0.05) is 19.2 Å². The van der Waals surface area contributed by atoms with Gasteiger partial charge in [0.2, 0.25) is 0 Å². The fourth-order valence-electron chi connectivity index (χ4n) is 1.32. The molecule has 1 radical (unpaired) electrons. The maximum atomic E-state index is 13.2. The number of rotatable bonds is 4. The third-order valence-corrected chi connectivity index (χ3v) is 4.25. The van der Waals surface area contributed by atoms with Crippen LogP contribution < -0.4 is 5.73 Å². The average Bonchev–Trinajstić information content (AvgIpc) is 2.15. The van der Waals surface area contributed by atoms with E-state index >= 15 is 0 Å². The summed E-state index contributed by atoms with van der Waals surface area (Å²) in [4.78, 5) is 0. The molecule has 0 aromatic heterocycles. The molecule has 15 heavy (non-hydrogen) atoms. The minimum absolute atomic E-state index is 0.166. The van der Waals surface area contributed by atoms with Gasteiger partial charge in [-0.3, -0.25) is 0 Å². The van der Waals surface area contributed by atoms with Gasteiger partial charge in [0.25, 0.3) is 0 Å². The topological polar surface area (TPSA) is 26.0 Å². The smallest absolute Gasteiger partial charge is 0.129 e. The molecule has 0 aliphatic heterocycles. The van der Waals surface area contributed by atoms with E-state index in [1.165, 1.54) is 12.1 Å². The SMILES string of the molecule is C[Si](C)C(N)CCc1ccc(F)cc1F. The summed E-state index contributed by atoms with van der Waals surface area (Å²) in [5.41, 5.74) is 6.61. The van der Waals surface area contributed by atoms with Crippen LogP contribution in [0.2, 0.25) is 13.1 Å². The molecular weight excluding hydrogens is 212 g/mol. The largest absolute Gasteiger partial charge is 0.330 e. The number of aryl methyl sites for hydroxylation is 1. The van der Waals surface area contributed by atoms with E-state index in [0.29, 0.717) is 12.0 Å². The van der Waals surface area contributed by atoms with E-state index in [9.17, 15) is 8.78 Å². The lowest BCUT2D eigenvalue weighted by Crippen LogP contribution is -2.34. The van der Waals surface area contributed by atoms with Crippen LogP contribution in [0.5, 0.6) is 0 Å². The third-order valence-electron chi connectivity index (χ3n) is 2.48. The van der Waals surface area contributed by atoms with E-state index < -0.39 is 20.4 Å². The molecule has 0 bridgehead atoms. The van der Waals surface area contributed by atoms with Crippen molar-refractivity contribution in [3.8, 4) is 0 Å². The van der Waals surface area contributed by atoms with Gasteiger partial charge in [0.1, 0.15) is 11.6 Å². The first kappa shape index (κ1) is 12.3. The average molecular weight is 228 g/mol. The van der Waals surface area contributed by atoms with Crippen LogP contribution >= 0.6 is 0 Å². The number of hydrogen-bond donors (Lipinski definition) is 1. The zero-order chi connectivity index (χ0) is 11.4. The monoisotopic (exact) mass is 228 g/mol. The zero-order valence-corrected chi connectivity index (χ0v) is 10.1. The Morgan fingerprint density at radius 3 is 2.53 bits per heavy atom. The van der Waals surface area contributed by atoms with Crippen molar-refractivity contribution in [1.29, 1.82) is 0 Å². The van der Waals surface area contributed by atoms with Crippen molar-refractivity contribution in [2.24, 2.45) is 5.73 Å². The van der Waals surface area contributed by atoms with Crippen LogP contribution in [0.3, 0.4) is 0 Å². The predicted molar refractivity (Wildman–Crippen MR) is 60.1 cm³/mol. The van der Waals surface area contributed by atoms with Gasteiger partial charge in [-0.25, -0.2) is 8.78 Å². The van der Waals surface area contributed by atoms with Gasteiger partial charge < -0.3 is 5.73 Å². The van der Waals surface area contributed by atoms with Gasteiger partial charge in [-0.2, -0.15) is 0 Å². The Kier molecular flexibility index (Phi) is 4.41. The van der Waals surface area contributed by atoms with Crippen LogP contribution in [-0.2, 0) is 6.42 Å². The Morgan fingerprint density at radius 1 is 1.33 bits per heavy atom. The first-order valence-corrected chi connectivity index (χ1v) is 7.58. The minimum atomic E-state index is -0.531. The number of benzene rings is 1.